The maximum absolute atomic E-state index is 13.7. The Morgan fingerprint density at radius 3 is 2.00 bits per heavy atom. The molecule has 5 nitrogen and oxygen atoms in total. The molecular weight excluding hydrogens is 419 g/mol. The van der Waals surface area contributed by atoms with E-state index in [9.17, 15) is 18.0 Å². The molecule has 1 amide bonds. The summed E-state index contributed by atoms with van der Waals surface area (Å²) < 4.78 is 41.0. The van der Waals surface area contributed by atoms with Crippen LogP contribution in [-0.2, 0) is 28.2 Å². The number of aliphatic imine (C=N–C) groups is 1. The van der Waals surface area contributed by atoms with Crippen molar-refractivity contribution in [3.8, 4) is 0 Å². The third-order valence-corrected chi connectivity index (χ3v) is 5.23. The lowest BCUT2D eigenvalue weighted by atomic mass is 9.83. The van der Waals surface area contributed by atoms with Gasteiger partial charge >= 0.3 is 6.36 Å². The van der Waals surface area contributed by atoms with E-state index in [0.717, 1.165) is 0 Å². The SMILES string of the molecule is NC1=NC(c2ccccc2)(c2ccccc2)C(=O)N1Cc1cccc(COC(F)(F)F)c1. The molecule has 1 aliphatic heterocycles. The van der Waals surface area contributed by atoms with Gasteiger partial charge in [0.25, 0.3) is 5.91 Å². The molecule has 0 aliphatic carbocycles. The summed E-state index contributed by atoms with van der Waals surface area (Å²) >= 11 is 0. The Morgan fingerprint density at radius 2 is 1.44 bits per heavy atom. The lowest BCUT2D eigenvalue weighted by Crippen LogP contribution is -2.43. The predicted octanol–water partition coefficient (Wildman–Crippen LogP) is 4.32. The topological polar surface area (TPSA) is 67.9 Å². The van der Waals surface area contributed by atoms with Gasteiger partial charge in [0, 0.05) is 0 Å². The summed E-state index contributed by atoms with van der Waals surface area (Å²) in [6.45, 7) is -0.553. The van der Waals surface area contributed by atoms with Crippen molar-refractivity contribution in [3.05, 3.63) is 107 Å². The van der Waals surface area contributed by atoms with Crippen LogP contribution in [0.25, 0.3) is 0 Å². The number of rotatable bonds is 6. The largest absolute Gasteiger partial charge is 0.522 e. The van der Waals surface area contributed by atoms with Crippen molar-refractivity contribution in [2.45, 2.75) is 25.1 Å². The summed E-state index contributed by atoms with van der Waals surface area (Å²) in [6, 6.07) is 24.7. The molecule has 0 bridgehead atoms. The summed E-state index contributed by atoms with van der Waals surface area (Å²) in [6.07, 6.45) is -4.72. The summed E-state index contributed by atoms with van der Waals surface area (Å²) in [4.78, 5) is 19.7. The molecular formula is C24H20F3N3O2. The van der Waals surface area contributed by atoms with Crippen molar-refractivity contribution in [2.75, 3.05) is 0 Å². The molecule has 0 atom stereocenters. The van der Waals surface area contributed by atoms with Gasteiger partial charge < -0.3 is 5.73 Å². The molecule has 3 aromatic rings. The van der Waals surface area contributed by atoms with Crippen LogP contribution in [0.5, 0.6) is 0 Å². The van der Waals surface area contributed by atoms with Gasteiger partial charge in [0.2, 0.25) is 0 Å². The Morgan fingerprint density at radius 1 is 0.875 bits per heavy atom. The molecule has 0 radical (unpaired) electrons. The molecule has 0 fully saturated rings. The number of hydrogen-bond acceptors (Lipinski definition) is 4. The minimum atomic E-state index is -4.72. The van der Waals surface area contributed by atoms with Gasteiger partial charge in [0.1, 0.15) is 0 Å². The van der Waals surface area contributed by atoms with Crippen molar-refractivity contribution < 1.29 is 22.7 Å². The molecule has 0 unspecified atom stereocenters. The van der Waals surface area contributed by atoms with E-state index < -0.39 is 18.5 Å². The van der Waals surface area contributed by atoms with E-state index in [4.69, 9.17) is 5.73 Å². The van der Waals surface area contributed by atoms with Gasteiger partial charge in [0.15, 0.2) is 11.5 Å². The minimum Gasteiger partial charge on any atom is -0.369 e. The van der Waals surface area contributed by atoms with E-state index in [1.807, 2.05) is 60.7 Å². The molecule has 0 aromatic heterocycles. The standard InChI is InChI=1S/C24H20F3N3O2/c25-24(26,27)32-16-18-9-7-8-17(14-18)15-30-21(31)23(29-22(30)28,19-10-3-1-4-11-19)20-12-5-2-6-13-20/h1-14H,15-16H2,(H2,28,29). The van der Waals surface area contributed by atoms with Gasteiger partial charge in [0.05, 0.1) is 13.2 Å². The number of ether oxygens (including phenoxy) is 1. The lowest BCUT2D eigenvalue weighted by Gasteiger charge is -2.27. The van der Waals surface area contributed by atoms with E-state index in [0.29, 0.717) is 22.3 Å². The van der Waals surface area contributed by atoms with Gasteiger partial charge in [-0.1, -0.05) is 84.9 Å². The zero-order valence-electron chi connectivity index (χ0n) is 16.9. The highest BCUT2D eigenvalue weighted by atomic mass is 19.4. The molecule has 0 spiro atoms. The third kappa shape index (κ3) is 4.22. The highest BCUT2D eigenvalue weighted by Gasteiger charge is 2.50. The fourth-order valence-electron chi connectivity index (χ4n) is 3.80. The number of guanidine groups is 1. The van der Waals surface area contributed by atoms with Gasteiger partial charge in [-0.25, -0.2) is 4.99 Å². The van der Waals surface area contributed by atoms with Crippen LogP contribution in [0.4, 0.5) is 13.2 Å². The maximum Gasteiger partial charge on any atom is 0.522 e. The Bertz CT molecular complexity index is 1090. The highest BCUT2D eigenvalue weighted by molar-refractivity contribution is 6.09. The molecule has 2 N–H and O–H groups in total. The van der Waals surface area contributed by atoms with E-state index in [2.05, 4.69) is 9.73 Å². The number of alkyl halides is 3. The first-order chi connectivity index (χ1) is 15.3. The van der Waals surface area contributed by atoms with Crippen LogP contribution in [0.3, 0.4) is 0 Å². The van der Waals surface area contributed by atoms with Crippen LogP contribution in [0.2, 0.25) is 0 Å². The molecule has 0 saturated heterocycles. The molecule has 4 rings (SSSR count). The Kier molecular flexibility index (Phi) is 5.71. The number of halogens is 3. The minimum absolute atomic E-state index is 0.0413. The lowest BCUT2D eigenvalue weighted by molar-refractivity contribution is -0.330. The number of benzene rings is 3. The van der Waals surface area contributed by atoms with Crippen molar-refractivity contribution in [1.82, 2.24) is 4.90 Å². The number of nitrogens with two attached hydrogens (primary N) is 1. The van der Waals surface area contributed by atoms with E-state index in [-0.39, 0.29) is 18.4 Å². The summed E-state index contributed by atoms with van der Waals surface area (Å²) in [7, 11) is 0. The Hall–Kier alpha value is -3.65. The number of carbonyl (C=O) groups is 1. The van der Waals surface area contributed by atoms with E-state index >= 15 is 0 Å². The zero-order valence-corrected chi connectivity index (χ0v) is 16.9. The van der Waals surface area contributed by atoms with Gasteiger partial charge in [-0.2, -0.15) is 0 Å². The highest BCUT2D eigenvalue weighted by Crippen LogP contribution is 2.40. The van der Waals surface area contributed by atoms with Crippen LogP contribution < -0.4 is 5.73 Å². The average molecular weight is 439 g/mol. The zero-order chi connectivity index (χ0) is 22.8. The molecule has 1 aliphatic rings. The number of carbonyl (C=O) groups excluding carboxylic acids is 1. The molecule has 0 saturated carbocycles. The van der Waals surface area contributed by atoms with Gasteiger partial charge in [-0.15, -0.1) is 13.2 Å². The summed E-state index contributed by atoms with van der Waals surface area (Å²) in [5.41, 5.74) is 7.16. The third-order valence-electron chi connectivity index (χ3n) is 5.23. The monoisotopic (exact) mass is 439 g/mol. The van der Waals surface area contributed by atoms with E-state index in [1.54, 1.807) is 18.2 Å². The Balaban J connectivity index is 1.66. The smallest absolute Gasteiger partial charge is 0.369 e. The van der Waals surface area contributed by atoms with Crippen molar-refractivity contribution >= 4 is 11.9 Å². The average Bonchev–Trinajstić information content (AvgIpc) is 3.04. The maximum atomic E-state index is 13.7. The fraction of sp³-hybridized carbons (Fsp3) is 0.167. The second-order valence-electron chi connectivity index (χ2n) is 7.36. The number of hydrogen-bond donors (Lipinski definition) is 1. The van der Waals surface area contributed by atoms with Crippen LogP contribution in [-0.4, -0.2) is 23.1 Å². The summed E-state index contributed by atoms with van der Waals surface area (Å²) in [5.74, 6) is -0.288. The second kappa shape index (κ2) is 8.47. The van der Waals surface area contributed by atoms with Crippen molar-refractivity contribution in [3.63, 3.8) is 0 Å². The Labute approximate surface area is 182 Å². The molecule has 32 heavy (non-hydrogen) atoms. The van der Waals surface area contributed by atoms with Gasteiger partial charge in [-0.05, 0) is 22.3 Å². The van der Waals surface area contributed by atoms with Crippen LogP contribution in [0.15, 0.2) is 89.9 Å². The van der Waals surface area contributed by atoms with Crippen LogP contribution >= 0.6 is 0 Å². The van der Waals surface area contributed by atoms with Crippen LogP contribution in [0, 0.1) is 0 Å². The first kappa shape index (κ1) is 21.6. The molecule has 164 valence electrons. The van der Waals surface area contributed by atoms with E-state index in [1.165, 1.54) is 11.0 Å². The van der Waals surface area contributed by atoms with Crippen molar-refractivity contribution in [2.24, 2.45) is 10.7 Å². The molecule has 1 heterocycles. The van der Waals surface area contributed by atoms with Crippen LogP contribution in [0.1, 0.15) is 22.3 Å². The summed E-state index contributed by atoms with van der Waals surface area (Å²) in [5, 5.41) is 0. The quantitative estimate of drug-likeness (QED) is 0.622. The first-order valence-electron chi connectivity index (χ1n) is 9.86. The van der Waals surface area contributed by atoms with Gasteiger partial charge in [-0.3, -0.25) is 14.4 Å². The number of nitrogens with zero attached hydrogens (tertiary/aromatic N) is 2. The predicted molar refractivity (Wildman–Crippen MR) is 113 cm³/mol. The first-order valence-corrected chi connectivity index (χ1v) is 9.86. The second-order valence-corrected chi connectivity index (χ2v) is 7.36. The molecule has 3 aromatic carbocycles. The van der Waals surface area contributed by atoms with Crippen molar-refractivity contribution in [1.29, 1.82) is 0 Å². The molecule has 8 heteroatoms. The fourth-order valence-corrected chi connectivity index (χ4v) is 3.80. The number of amides is 1. The normalized spacial score (nSPS) is 15.7.